The fourth-order valence-electron chi connectivity index (χ4n) is 1.64. The molecule has 0 bridgehead atoms. The van der Waals surface area contributed by atoms with E-state index in [2.05, 4.69) is 0 Å². The summed E-state index contributed by atoms with van der Waals surface area (Å²) >= 11 is 11.7. The Morgan fingerprint density at radius 1 is 1.05 bits per heavy atom. The zero-order chi connectivity index (χ0) is 14.7. The lowest BCUT2D eigenvalue weighted by Gasteiger charge is -2.00. The molecule has 0 radical (unpaired) electrons. The van der Waals surface area contributed by atoms with Crippen molar-refractivity contribution in [3.05, 3.63) is 46.1 Å². The molecule has 0 saturated carbocycles. The number of hydrogen-bond acceptors (Lipinski definition) is 3. The minimum Gasteiger partial charge on any atom is -0.481 e. The second-order valence-corrected chi connectivity index (χ2v) is 4.92. The van der Waals surface area contributed by atoms with Crippen LogP contribution in [0, 0.1) is 0 Å². The molecule has 20 heavy (non-hydrogen) atoms. The molecule has 1 aromatic heterocycles. The first kappa shape index (κ1) is 14.6. The maximum atomic E-state index is 11.7. The van der Waals surface area contributed by atoms with Crippen molar-refractivity contribution in [3.63, 3.8) is 0 Å². The van der Waals surface area contributed by atoms with E-state index in [1.807, 2.05) is 0 Å². The molecular formula is C14H10Cl2O4. The summed E-state index contributed by atoms with van der Waals surface area (Å²) in [7, 11) is 0. The third-order valence-corrected chi connectivity index (χ3v) is 3.39. The van der Waals surface area contributed by atoms with Gasteiger partial charge in [-0.05, 0) is 30.3 Å². The third kappa shape index (κ3) is 3.40. The summed E-state index contributed by atoms with van der Waals surface area (Å²) in [5.41, 5.74) is 0.691. The average molecular weight is 313 g/mol. The van der Waals surface area contributed by atoms with E-state index < -0.39 is 5.97 Å². The molecule has 0 spiro atoms. The third-order valence-electron chi connectivity index (χ3n) is 2.65. The molecule has 0 atom stereocenters. The highest BCUT2D eigenvalue weighted by Gasteiger charge is 2.14. The van der Waals surface area contributed by atoms with Gasteiger partial charge in [0.15, 0.2) is 11.5 Å². The van der Waals surface area contributed by atoms with Crippen LogP contribution in [-0.2, 0) is 4.79 Å². The van der Waals surface area contributed by atoms with Crippen LogP contribution >= 0.6 is 23.2 Å². The van der Waals surface area contributed by atoms with E-state index in [4.69, 9.17) is 32.7 Å². The first-order chi connectivity index (χ1) is 9.47. The number of rotatable bonds is 5. The van der Waals surface area contributed by atoms with Gasteiger partial charge in [0.05, 0.1) is 16.5 Å². The molecule has 2 aromatic rings. The Hall–Kier alpha value is -1.78. The number of hydrogen-bond donors (Lipinski definition) is 1. The first-order valence-electron chi connectivity index (χ1n) is 5.77. The van der Waals surface area contributed by atoms with Crippen LogP contribution in [0.15, 0.2) is 34.7 Å². The quantitative estimate of drug-likeness (QED) is 0.836. The van der Waals surface area contributed by atoms with Crippen molar-refractivity contribution in [1.29, 1.82) is 0 Å². The zero-order valence-corrected chi connectivity index (χ0v) is 11.7. The van der Waals surface area contributed by atoms with Crippen molar-refractivity contribution < 1.29 is 19.1 Å². The van der Waals surface area contributed by atoms with Gasteiger partial charge in [0.25, 0.3) is 0 Å². The number of furan rings is 1. The van der Waals surface area contributed by atoms with Crippen LogP contribution in [0.2, 0.25) is 10.0 Å². The second kappa shape index (κ2) is 6.11. The fraction of sp³-hybridized carbons (Fsp3) is 0.143. The number of carboxylic acid groups (broad SMARTS) is 1. The van der Waals surface area contributed by atoms with Crippen molar-refractivity contribution >= 4 is 35.0 Å². The minimum atomic E-state index is -1.02. The van der Waals surface area contributed by atoms with E-state index in [1.165, 1.54) is 6.07 Å². The molecule has 0 amide bonds. The number of Topliss-reactive ketones (excluding diaryl/α,β-unsaturated/α-hetero) is 1. The minimum absolute atomic E-state index is 0.0936. The molecule has 1 aromatic carbocycles. The van der Waals surface area contributed by atoms with Crippen molar-refractivity contribution in [3.8, 4) is 11.3 Å². The molecule has 4 nitrogen and oxygen atoms in total. The molecule has 0 aliphatic carbocycles. The number of benzene rings is 1. The summed E-state index contributed by atoms with van der Waals surface area (Å²) in [4.78, 5) is 22.1. The second-order valence-electron chi connectivity index (χ2n) is 4.11. The van der Waals surface area contributed by atoms with E-state index in [0.29, 0.717) is 21.4 Å². The van der Waals surface area contributed by atoms with Gasteiger partial charge in [0.2, 0.25) is 0 Å². The highest BCUT2D eigenvalue weighted by atomic mass is 35.5. The molecule has 0 aliphatic rings. The Balaban J connectivity index is 2.17. The van der Waals surface area contributed by atoms with Crippen LogP contribution < -0.4 is 0 Å². The molecule has 1 N–H and O–H groups in total. The summed E-state index contributed by atoms with van der Waals surface area (Å²) in [6.07, 6.45) is -0.314. The number of carbonyl (C=O) groups excluding carboxylic acids is 1. The van der Waals surface area contributed by atoms with Gasteiger partial charge in [0.1, 0.15) is 5.76 Å². The maximum absolute atomic E-state index is 11.7. The monoisotopic (exact) mass is 312 g/mol. The van der Waals surface area contributed by atoms with Crippen LogP contribution in [-0.4, -0.2) is 16.9 Å². The summed E-state index contributed by atoms with van der Waals surface area (Å²) in [6, 6.07) is 8.13. The Morgan fingerprint density at radius 3 is 2.45 bits per heavy atom. The zero-order valence-electron chi connectivity index (χ0n) is 10.2. The topological polar surface area (TPSA) is 67.5 Å². The van der Waals surface area contributed by atoms with Crippen LogP contribution in [0.3, 0.4) is 0 Å². The highest BCUT2D eigenvalue weighted by Crippen LogP contribution is 2.29. The van der Waals surface area contributed by atoms with Crippen molar-refractivity contribution in [1.82, 2.24) is 0 Å². The molecule has 2 rings (SSSR count). The summed E-state index contributed by atoms with van der Waals surface area (Å²) in [5, 5.41) is 9.36. The molecule has 6 heteroatoms. The number of halogens is 2. The lowest BCUT2D eigenvalue weighted by atomic mass is 10.1. The molecule has 1 heterocycles. The van der Waals surface area contributed by atoms with E-state index in [-0.39, 0.29) is 24.4 Å². The smallest absolute Gasteiger partial charge is 0.303 e. The van der Waals surface area contributed by atoms with E-state index in [0.717, 1.165) is 0 Å². The van der Waals surface area contributed by atoms with Gasteiger partial charge < -0.3 is 9.52 Å². The number of carbonyl (C=O) groups is 2. The summed E-state index contributed by atoms with van der Waals surface area (Å²) < 4.78 is 5.41. The van der Waals surface area contributed by atoms with Gasteiger partial charge in [-0.15, -0.1) is 0 Å². The summed E-state index contributed by atoms with van der Waals surface area (Å²) in [6.45, 7) is 0. The van der Waals surface area contributed by atoms with Crippen molar-refractivity contribution in [2.45, 2.75) is 12.8 Å². The van der Waals surface area contributed by atoms with E-state index in [1.54, 1.807) is 24.3 Å². The lowest BCUT2D eigenvalue weighted by molar-refractivity contribution is -0.136. The van der Waals surface area contributed by atoms with Crippen molar-refractivity contribution in [2.24, 2.45) is 0 Å². The maximum Gasteiger partial charge on any atom is 0.303 e. The van der Waals surface area contributed by atoms with Gasteiger partial charge in [-0.1, -0.05) is 23.2 Å². The highest BCUT2D eigenvalue weighted by molar-refractivity contribution is 6.42. The standard InChI is InChI=1S/C14H10Cl2O4/c15-9-2-1-8(7-10(9)16)12-4-5-13(20-12)11(17)3-6-14(18)19/h1-2,4-5,7H,3,6H2,(H,18,19). The normalized spacial score (nSPS) is 10.5. The van der Waals surface area contributed by atoms with Gasteiger partial charge in [-0.2, -0.15) is 0 Å². The largest absolute Gasteiger partial charge is 0.481 e. The lowest BCUT2D eigenvalue weighted by Crippen LogP contribution is -2.02. The van der Waals surface area contributed by atoms with Crippen LogP contribution in [0.4, 0.5) is 0 Å². The van der Waals surface area contributed by atoms with E-state index >= 15 is 0 Å². The van der Waals surface area contributed by atoms with Crippen LogP contribution in [0.5, 0.6) is 0 Å². The molecular weight excluding hydrogens is 303 g/mol. The predicted octanol–water partition coefficient (Wildman–Crippen LogP) is 4.30. The summed E-state index contributed by atoms with van der Waals surface area (Å²) in [5.74, 6) is -0.761. The molecule has 0 aliphatic heterocycles. The Labute approximate surface area is 124 Å². The Kier molecular flexibility index (Phi) is 4.47. The van der Waals surface area contributed by atoms with Crippen LogP contribution in [0.25, 0.3) is 11.3 Å². The predicted molar refractivity (Wildman–Crippen MR) is 75.4 cm³/mol. The van der Waals surface area contributed by atoms with Gasteiger partial charge in [0, 0.05) is 12.0 Å². The van der Waals surface area contributed by atoms with Gasteiger partial charge in [-0.25, -0.2) is 0 Å². The average Bonchev–Trinajstić information content (AvgIpc) is 2.89. The fourth-order valence-corrected chi connectivity index (χ4v) is 1.93. The van der Waals surface area contributed by atoms with Gasteiger partial charge >= 0.3 is 5.97 Å². The number of carboxylic acids is 1. The number of aliphatic carboxylic acids is 1. The Bertz CT molecular complexity index is 661. The number of ketones is 1. The van der Waals surface area contributed by atoms with E-state index in [9.17, 15) is 9.59 Å². The molecule has 104 valence electrons. The Morgan fingerprint density at radius 2 is 1.80 bits per heavy atom. The first-order valence-corrected chi connectivity index (χ1v) is 6.53. The van der Waals surface area contributed by atoms with Crippen molar-refractivity contribution in [2.75, 3.05) is 0 Å². The molecule has 0 saturated heterocycles. The molecule has 0 fully saturated rings. The van der Waals surface area contributed by atoms with Crippen LogP contribution in [0.1, 0.15) is 23.4 Å². The SMILES string of the molecule is O=C(O)CCC(=O)c1ccc(-c2ccc(Cl)c(Cl)c2)o1. The molecule has 0 unspecified atom stereocenters. The van der Waals surface area contributed by atoms with Gasteiger partial charge in [-0.3, -0.25) is 9.59 Å².